The van der Waals surface area contributed by atoms with Crippen LogP contribution < -0.4 is 5.32 Å². The van der Waals surface area contributed by atoms with Crippen molar-refractivity contribution in [1.82, 2.24) is 14.8 Å². The number of ketones is 1. The molecule has 9 heteroatoms. The molecule has 0 spiro atoms. The lowest BCUT2D eigenvalue weighted by atomic mass is 9.91. The maximum absolute atomic E-state index is 13.0. The molecule has 1 aliphatic heterocycles. The van der Waals surface area contributed by atoms with Gasteiger partial charge in [0.15, 0.2) is 5.78 Å². The third kappa shape index (κ3) is 3.28. The zero-order valence-electron chi connectivity index (χ0n) is 16.7. The summed E-state index contributed by atoms with van der Waals surface area (Å²) in [6, 6.07) is 6.58. The lowest BCUT2D eigenvalue weighted by molar-refractivity contribution is -0.385. The predicted molar refractivity (Wildman–Crippen MR) is 105 cm³/mol. The summed E-state index contributed by atoms with van der Waals surface area (Å²) in [5.41, 5.74) is 0.782. The van der Waals surface area contributed by atoms with Crippen molar-refractivity contribution in [2.24, 2.45) is 0 Å². The Morgan fingerprint density at radius 3 is 2.52 bits per heavy atom. The number of amides is 3. The van der Waals surface area contributed by atoms with E-state index >= 15 is 0 Å². The van der Waals surface area contributed by atoms with Crippen molar-refractivity contribution in [3.63, 3.8) is 0 Å². The Kier molecular flexibility index (Phi) is 5.00. The van der Waals surface area contributed by atoms with Gasteiger partial charge in [-0.2, -0.15) is 0 Å². The molecule has 1 fully saturated rings. The number of nitrogens with zero attached hydrogens (tertiary/aromatic N) is 3. The van der Waals surface area contributed by atoms with Gasteiger partial charge in [-0.3, -0.25) is 24.6 Å². The minimum absolute atomic E-state index is 0.188. The normalized spacial score (nSPS) is 18.8. The lowest BCUT2D eigenvalue weighted by Crippen LogP contribution is -2.41. The topological polar surface area (TPSA) is 115 Å². The van der Waals surface area contributed by atoms with E-state index in [2.05, 4.69) is 5.32 Å². The average Bonchev–Trinajstić information content (AvgIpc) is 3.09. The summed E-state index contributed by atoms with van der Waals surface area (Å²) in [7, 11) is 0. The fourth-order valence-corrected chi connectivity index (χ4v) is 3.77. The predicted octanol–water partition coefficient (Wildman–Crippen LogP) is 2.68. The van der Waals surface area contributed by atoms with Gasteiger partial charge in [-0.15, -0.1) is 0 Å². The van der Waals surface area contributed by atoms with Gasteiger partial charge in [0.1, 0.15) is 5.54 Å². The molecule has 1 N–H and O–H groups in total. The van der Waals surface area contributed by atoms with E-state index in [1.165, 1.54) is 31.2 Å². The van der Waals surface area contributed by atoms with Gasteiger partial charge in [0.25, 0.3) is 11.6 Å². The van der Waals surface area contributed by atoms with E-state index in [-0.39, 0.29) is 17.0 Å². The average molecular weight is 398 g/mol. The molecule has 1 unspecified atom stereocenters. The number of Topliss-reactive ketones (excluding diaryl/α,β-unsaturated/α-hetero) is 1. The molecule has 1 aliphatic rings. The number of nitro benzene ring substituents is 1. The van der Waals surface area contributed by atoms with Gasteiger partial charge in [0, 0.05) is 35.6 Å². The fourth-order valence-electron chi connectivity index (χ4n) is 3.77. The number of aryl methyl sites for hydroxylation is 1. The summed E-state index contributed by atoms with van der Waals surface area (Å²) in [5, 5.41) is 13.6. The van der Waals surface area contributed by atoms with Crippen molar-refractivity contribution in [2.45, 2.75) is 39.8 Å². The highest BCUT2D eigenvalue weighted by Crippen LogP contribution is 2.31. The molecule has 29 heavy (non-hydrogen) atoms. The van der Waals surface area contributed by atoms with Gasteiger partial charge in [-0.1, -0.05) is 12.1 Å². The quantitative estimate of drug-likeness (QED) is 0.348. The lowest BCUT2D eigenvalue weighted by Gasteiger charge is -2.21. The number of urea groups is 1. The van der Waals surface area contributed by atoms with Crippen LogP contribution in [-0.2, 0) is 16.9 Å². The molecule has 3 rings (SSSR count). The highest BCUT2D eigenvalue weighted by atomic mass is 16.6. The Bertz CT molecular complexity index is 1040. The number of hydrogen-bond donors (Lipinski definition) is 1. The van der Waals surface area contributed by atoms with E-state index in [9.17, 15) is 24.5 Å². The van der Waals surface area contributed by atoms with Crippen LogP contribution in [0.25, 0.3) is 0 Å². The number of imide groups is 1. The smallest absolute Gasteiger partial charge is 0.325 e. The third-order valence-corrected chi connectivity index (χ3v) is 5.40. The van der Waals surface area contributed by atoms with Crippen molar-refractivity contribution in [1.29, 1.82) is 0 Å². The highest BCUT2D eigenvalue weighted by Gasteiger charge is 2.50. The number of rotatable bonds is 6. The molecule has 0 saturated carbocycles. The number of carbonyl (C=O) groups excluding carboxylic acids is 3. The van der Waals surface area contributed by atoms with E-state index in [0.29, 0.717) is 12.1 Å². The first kappa shape index (κ1) is 20.2. The zero-order valence-corrected chi connectivity index (χ0v) is 16.7. The minimum atomic E-state index is -1.48. The summed E-state index contributed by atoms with van der Waals surface area (Å²) in [6.07, 6.45) is 0. The first-order valence-electron chi connectivity index (χ1n) is 9.19. The number of non-ortho nitro benzene ring substituents is 1. The van der Waals surface area contributed by atoms with Crippen LogP contribution in [0, 0.1) is 24.0 Å². The number of aromatic nitrogens is 1. The van der Waals surface area contributed by atoms with Crippen LogP contribution in [0.4, 0.5) is 10.5 Å². The first-order chi connectivity index (χ1) is 13.6. The fraction of sp³-hybridized carbons (Fsp3) is 0.350. The van der Waals surface area contributed by atoms with Gasteiger partial charge >= 0.3 is 6.03 Å². The number of carbonyl (C=O) groups is 3. The van der Waals surface area contributed by atoms with Gasteiger partial charge in [-0.05, 0) is 39.3 Å². The molecular formula is C20H22N4O5. The van der Waals surface area contributed by atoms with E-state index in [4.69, 9.17) is 0 Å². The standard InChI is InChI=1S/C20H22N4O5/c1-5-22-12(2)9-16(13(22)3)17(25)11-23-18(26)20(4,21-19(23)27)14-7-6-8-15(10-14)24(28)29/h6-10H,5,11H2,1-4H3,(H,21,27). The molecule has 0 radical (unpaired) electrons. The molecule has 0 bridgehead atoms. The number of nitrogens with one attached hydrogen (secondary N) is 1. The van der Waals surface area contributed by atoms with Gasteiger partial charge in [0.05, 0.1) is 11.5 Å². The van der Waals surface area contributed by atoms with Gasteiger partial charge in [0.2, 0.25) is 0 Å². The molecule has 2 heterocycles. The van der Waals surface area contributed by atoms with Crippen LogP contribution in [0.5, 0.6) is 0 Å². The van der Waals surface area contributed by atoms with E-state index < -0.39 is 28.9 Å². The summed E-state index contributed by atoms with van der Waals surface area (Å²) < 4.78 is 1.98. The third-order valence-electron chi connectivity index (χ3n) is 5.40. The second-order valence-electron chi connectivity index (χ2n) is 7.21. The van der Waals surface area contributed by atoms with Crippen LogP contribution in [0.2, 0.25) is 0 Å². The number of hydrogen-bond acceptors (Lipinski definition) is 5. The highest BCUT2D eigenvalue weighted by molar-refractivity contribution is 6.11. The van der Waals surface area contributed by atoms with Crippen LogP contribution in [0.1, 0.15) is 41.2 Å². The van der Waals surface area contributed by atoms with Gasteiger partial charge in [-0.25, -0.2) is 4.79 Å². The summed E-state index contributed by atoms with van der Waals surface area (Å²) in [5.74, 6) is -0.967. The Morgan fingerprint density at radius 2 is 1.93 bits per heavy atom. The largest absolute Gasteiger partial charge is 0.349 e. The Hall–Kier alpha value is -3.49. The maximum atomic E-state index is 13.0. The number of benzene rings is 1. The van der Waals surface area contributed by atoms with Crippen LogP contribution in [0.15, 0.2) is 30.3 Å². The van der Waals surface area contributed by atoms with Crippen LogP contribution >= 0.6 is 0 Å². The maximum Gasteiger partial charge on any atom is 0.325 e. The SMILES string of the molecule is CCn1c(C)cc(C(=O)CN2C(=O)NC(C)(c3cccc([N+](=O)[O-])c3)C2=O)c1C. The summed E-state index contributed by atoms with van der Waals surface area (Å²) in [6.45, 7) is 7.46. The second-order valence-corrected chi connectivity index (χ2v) is 7.21. The Morgan fingerprint density at radius 1 is 1.24 bits per heavy atom. The molecule has 0 aliphatic carbocycles. The van der Waals surface area contributed by atoms with Crippen molar-refractivity contribution < 1.29 is 19.3 Å². The van der Waals surface area contributed by atoms with Crippen molar-refractivity contribution >= 4 is 23.4 Å². The first-order valence-corrected chi connectivity index (χ1v) is 9.19. The van der Waals surface area contributed by atoms with E-state index in [1.807, 2.05) is 25.3 Å². The molecule has 9 nitrogen and oxygen atoms in total. The molecule has 3 amide bonds. The molecule has 1 atom stereocenters. The molecule has 1 aromatic carbocycles. The Balaban J connectivity index is 1.88. The minimum Gasteiger partial charge on any atom is -0.349 e. The van der Waals surface area contributed by atoms with E-state index in [0.717, 1.165) is 16.3 Å². The monoisotopic (exact) mass is 398 g/mol. The van der Waals surface area contributed by atoms with Crippen molar-refractivity contribution in [3.05, 3.63) is 63.0 Å². The second kappa shape index (κ2) is 7.16. The Labute approximate surface area is 167 Å². The summed E-state index contributed by atoms with van der Waals surface area (Å²) in [4.78, 5) is 49.6. The van der Waals surface area contributed by atoms with Crippen molar-refractivity contribution in [3.8, 4) is 0 Å². The van der Waals surface area contributed by atoms with Crippen LogP contribution in [-0.4, -0.2) is 38.7 Å². The molecular weight excluding hydrogens is 376 g/mol. The molecule has 2 aromatic rings. The summed E-state index contributed by atoms with van der Waals surface area (Å²) >= 11 is 0. The zero-order chi connectivity index (χ0) is 21.5. The molecule has 1 saturated heterocycles. The molecule has 152 valence electrons. The number of nitro groups is 1. The van der Waals surface area contributed by atoms with E-state index in [1.54, 1.807) is 6.07 Å². The van der Waals surface area contributed by atoms with Gasteiger partial charge < -0.3 is 9.88 Å². The van der Waals surface area contributed by atoms with Crippen molar-refractivity contribution in [2.75, 3.05) is 6.54 Å². The molecule has 1 aromatic heterocycles. The van der Waals surface area contributed by atoms with Crippen LogP contribution in [0.3, 0.4) is 0 Å².